The predicted octanol–water partition coefficient (Wildman–Crippen LogP) is 4.42. The van der Waals surface area contributed by atoms with Crippen molar-refractivity contribution in [2.24, 2.45) is 0 Å². The molecule has 3 heterocycles. The average Bonchev–Trinajstić information content (AvgIpc) is 3.34. The van der Waals surface area contributed by atoms with Gasteiger partial charge >= 0.3 is 0 Å². The van der Waals surface area contributed by atoms with Crippen LogP contribution in [0.5, 0.6) is 0 Å². The maximum absolute atomic E-state index is 6.05. The van der Waals surface area contributed by atoms with Gasteiger partial charge in [0.2, 0.25) is 0 Å². The Morgan fingerprint density at radius 3 is 2.41 bits per heavy atom. The summed E-state index contributed by atoms with van der Waals surface area (Å²) in [5.74, 6) is 0. The van der Waals surface area contributed by atoms with Crippen LogP contribution >= 0.6 is 22.7 Å². The van der Waals surface area contributed by atoms with E-state index in [4.69, 9.17) is 14.7 Å². The van der Waals surface area contributed by atoms with Crippen molar-refractivity contribution in [2.45, 2.75) is 71.6 Å². The molecule has 0 saturated carbocycles. The van der Waals surface area contributed by atoms with Crippen LogP contribution in [-0.2, 0) is 30.7 Å². The zero-order valence-electron chi connectivity index (χ0n) is 18.3. The van der Waals surface area contributed by atoms with Crippen LogP contribution in [0, 0.1) is 0 Å². The van der Waals surface area contributed by atoms with Crippen LogP contribution in [0.25, 0.3) is 0 Å². The van der Waals surface area contributed by atoms with Gasteiger partial charge in [-0.1, -0.05) is 26.7 Å². The molecule has 1 saturated heterocycles. The maximum Gasteiger partial charge on any atom is 0.122 e. The first-order chi connectivity index (χ1) is 14.1. The molecule has 2 atom stereocenters. The summed E-state index contributed by atoms with van der Waals surface area (Å²) < 4.78 is 7.07. The SMILES string of the molecule is CCCCc1nc(CNCC2C[N+](C)(Cc3csc(CCCC)n3)CCO2)cs1. The molecule has 1 fully saturated rings. The third-order valence-corrected chi connectivity index (χ3v) is 7.45. The minimum atomic E-state index is 0.255. The average molecular weight is 438 g/mol. The highest BCUT2D eigenvalue weighted by atomic mass is 32.1. The number of hydrogen-bond acceptors (Lipinski definition) is 6. The number of morpholine rings is 1. The number of hydrogen-bond donors (Lipinski definition) is 1. The Hall–Kier alpha value is -0.860. The maximum atomic E-state index is 6.05. The monoisotopic (exact) mass is 437 g/mol. The second-order valence-corrected chi connectivity index (χ2v) is 10.4. The van der Waals surface area contributed by atoms with E-state index < -0.39 is 0 Å². The fraction of sp³-hybridized carbons (Fsp3) is 0.727. The number of ether oxygens (including phenoxy) is 1. The highest BCUT2D eigenvalue weighted by Gasteiger charge is 2.32. The third-order valence-electron chi connectivity index (χ3n) is 5.54. The van der Waals surface area contributed by atoms with Gasteiger partial charge in [-0.2, -0.15) is 0 Å². The first-order valence-electron chi connectivity index (χ1n) is 11.1. The highest BCUT2D eigenvalue weighted by Crippen LogP contribution is 2.20. The molecule has 2 aromatic rings. The van der Waals surface area contributed by atoms with Crippen molar-refractivity contribution in [1.82, 2.24) is 15.3 Å². The minimum absolute atomic E-state index is 0.255. The largest absolute Gasteiger partial charge is 0.365 e. The van der Waals surface area contributed by atoms with Crippen LogP contribution in [0.1, 0.15) is 60.9 Å². The lowest BCUT2D eigenvalue weighted by Gasteiger charge is -2.40. The number of unbranched alkanes of at least 4 members (excludes halogenated alkanes) is 2. The van der Waals surface area contributed by atoms with E-state index in [-0.39, 0.29) is 6.10 Å². The van der Waals surface area contributed by atoms with Crippen molar-refractivity contribution in [1.29, 1.82) is 0 Å². The standard InChI is InChI=1S/C22H37N4OS2/c1-4-6-8-21-24-18(16-28-21)12-23-13-20-15-26(3,10-11-27-20)14-19-17-29-22(25-19)9-7-5-2/h16-17,20,23H,4-15H2,1-3H3/q+1. The minimum Gasteiger partial charge on any atom is -0.365 e. The Labute approximate surface area is 184 Å². The molecule has 0 aromatic carbocycles. The highest BCUT2D eigenvalue weighted by molar-refractivity contribution is 7.09. The summed E-state index contributed by atoms with van der Waals surface area (Å²) in [6, 6.07) is 0. The summed E-state index contributed by atoms with van der Waals surface area (Å²) in [5, 5.41) is 10.6. The predicted molar refractivity (Wildman–Crippen MR) is 123 cm³/mol. The summed E-state index contributed by atoms with van der Waals surface area (Å²) in [6.07, 6.45) is 7.41. The number of nitrogens with one attached hydrogen (secondary N) is 1. The van der Waals surface area contributed by atoms with Crippen molar-refractivity contribution < 1.29 is 9.22 Å². The van der Waals surface area contributed by atoms with Gasteiger partial charge in [-0.25, -0.2) is 9.97 Å². The Morgan fingerprint density at radius 2 is 1.72 bits per heavy atom. The smallest absolute Gasteiger partial charge is 0.122 e. The van der Waals surface area contributed by atoms with Crippen molar-refractivity contribution in [3.63, 3.8) is 0 Å². The summed E-state index contributed by atoms with van der Waals surface area (Å²) in [6.45, 7) is 10.1. The lowest BCUT2D eigenvalue weighted by molar-refractivity contribution is -0.933. The van der Waals surface area contributed by atoms with Crippen LogP contribution in [0.2, 0.25) is 0 Å². The Balaban J connectivity index is 1.43. The van der Waals surface area contributed by atoms with Gasteiger partial charge in [-0.15, -0.1) is 22.7 Å². The zero-order valence-corrected chi connectivity index (χ0v) is 19.9. The number of aryl methyl sites for hydroxylation is 2. The third kappa shape index (κ3) is 7.40. The molecule has 0 aliphatic carbocycles. The van der Waals surface area contributed by atoms with Crippen molar-refractivity contribution in [2.75, 3.05) is 33.3 Å². The summed E-state index contributed by atoms with van der Waals surface area (Å²) >= 11 is 3.62. The number of thiazole rings is 2. The molecule has 5 nitrogen and oxygen atoms in total. The van der Waals surface area contributed by atoms with E-state index in [0.717, 1.165) is 62.3 Å². The molecule has 29 heavy (non-hydrogen) atoms. The van der Waals surface area contributed by atoms with Gasteiger partial charge in [0.1, 0.15) is 31.4 Å². The number of rotatable bonds is 12. The quantitative estimate of drug-likeness (QED) is 0.499. The van der Waals surface area contributed by atoms with Crippen molar-refractivity contribution in [3.05, 3.63) is 32.2 Å². The topological polar surface area (TPSA) is 47.0 Å². The van der Waals surface area contributed by atoms with Gasteiger partial charge in [0.05, 0.1) is 29.4 Å². The molecule has 162 valence electrons. The van der Waals surface area contributed by atoms with E-state index in [1.165, 1.54) is 41.4 Å². The molecule has 0 bridgehead atoms. The number of nitrogens with zero attached hydrogens (tertiary/aromatic N) is 3. The van der Waals surface area contributed by atoms with Gasteiger partial charge in [0.15, 0.2) is 0 Å². The fourth-order valence-electron chi connectivity index (χ4n) is 3.83. The van der Waals surface area contributed by atoms with E-state index in [1.807, 2.05) is 11.3 Å². The molecule has 7 heteroatoms. The molecule has 0 radical (unpaired) electrons. The lowest BCUT2D eigenvalue weighted by Crippen LogP contribution is -2.56. The van der Waals surface area contributed by atoms with Gasteiger partial charge in [-0.3, -0.25) is 0 Å². The fourth-order valence-corrected chi connectivity index (χ4v) is 5.50. The van der Waals surface area contributed by atoms with Crippen LogP contribution in [0.3, 0.4) is 0 Å². The molecule has 1 aliphatic heterocycles. The molecule has 1 aliphatic rings. The van der Waals surface area contributed by atoms with Gasteiger partial charge in [-0.05, 0) is 25.7 Å². The number of aromatic nitrogens is 2. The molecule has 2 aromatic heterocycles. The molecule has 2 unspecified atom stereocenters. The Bertz CT molecular complexity index is 732. The second-order valence-electron chi connectivity index (χ2n) is 8.48. The normalized spacial score (nSPS) is 22.2. The van der Waals surface area contributed by atoms with E-state index in [1.54, 1.807) is 11.3 Å². The zero-order chi connectivity index (χ0) is 20.5. The van der Waals surface area contributed by atoms with Gasteiger partial charge < -0.3 is 14.5 Å². The van der Waals surface area contributed by atoms with Gasteiger partial charge in [0.25, 0.3) is 0 Å². The molecular formula is C22H37N4OS2+. The van der Waals surface area contributed by atoms with Crippen molar-refractivity contribution >= 4 is 22.7 Å². The van der Waals surface area contributed by atoms with E-state index >= 15 is 0 Å². The van der Waals surface area contributed by atoms with Crippen molar-refractivity contribution in [3.8, 4) is 0 Å². The van der Waals surface area contributed by atoms with Gasteiger partial charge in [0, 0.05) is 23.8 Å². The molecule has 1 N–H and O–H groups in total. The number of likely N-dealkylation sites (N-methyl/N-ethyl adjacent to an activating group) is 1. The van der Waals surface area contributed by atoms with Crippen LogP contribution in [0.15, 0.2) is 10.8 Å². The summed E-state index contributed by atoms with van der Waals surface area (Å²) in [7, 11) is 2.35. The lowest BCUT2D eigenvalue weighted by atomic mass is 10.2. The first-order valence-corrected chi connectivity index (χ1v) is 12.9. The van der Waals surface area contributed by atoms with Crippen LogP contribution in [0.4, 0.5) is 0 Å². The first kappa shape index (κ1) is 22.8. The summed E-state index contributed by atoms with van der Waals surface area (Å²) in [5.41, 5.74) is 2.41. The molecule has 0 spiro atoms. The van der Waals surface area contributed by atoms with E-state index in [9.17, 15) is 0 Å². The van der Waals surface area contributed by atoms with Crippen LogP contribution in [-0.4, -0.2) is 53.8 Å². The number of quaternary nitrogens is 1. The molecular weight excluding hydrogens is 400 g/mol. The van der Waals surface area contributed by atoms with E-state index in [2.05, 4.69) is 37.0 Å². The molecule has 3 rings (SSSR count). The van der Waals surface area contributed by atoms with Crippen LogP contribution < -0.4 is 5.32 Å². The Morgan fingerprint density at radius 1 is 1.07 bits per heavy atom. The Kier molecular flexibility index (Phi) is 9.06. The molecule has 0 amide bonds. The van der Waals surface area contributed by atoms with E-state index in [0.29, 0.717) is 0 Å². The second kappa shape index (κ2) is 11.5. The summed E-state index contributed by atoms with van der Waals surface area (Å²) in [4.78, 5) is 9.62.